The maximum Gasteiger partial charge on any atom is 0.321 e. The van der Waals surface area contributed by atoms with E-state index in [0.29, 0.717) is 42.7 Å². The zero-order valence-electron chi connectivity index (χ0n) is 14.2. The summed E-state index contributed by atoms with van der Waals surface area (Å²) in [7, 11) is 0. The van der Waals surface area contributed by atoms with Crippen molar-refractivity contribution in [3.05, 3.63) is 59.7 Å². The van der Waals surface area contributed by atoms with Gasteiger partial charge in [-0.1, -0.05) is 12.1 Å². The molecule has 1 aliphatic heterocycles. The zero-order chi connectivity index (χ0) is 18.5. The van der Waals surface area contributed by atoms with E-state index in [1.165, 1.54) is 12.1 Å². The number of phenolic OH excluding ortho intramolecular Hbond substituents is 1. The van der Waals surface area contributed by atoms with Gasteiger partial charge in [0, 0.05) is 24.6 Å². The van der Waals surface area contributed by atoms with Gasteiger partial charge in [-0.2, -0.15) is 5.26 Å². The molecule has 0 aliphatic carbocycles. The minimum Gasteiger partial charge on any atom is -0.508 e. The van der Waals surface area contributed by atoms with E-state index in [9.17, 15) is 14.7 Å². The Kier molecular flexibility index (Phi) is 5.18. The molecule has 0 aromatic heterocycles. The van der Waals surface area contributed by atoms with Gasteiger partial charge < -0.3 is 15.3 Å². The van der Waals surface area contributed by atoms with Crippen molar-refractivity contribution in [2.45, 2.75) is 12.8 Å². The number of nitrogens with zero attached hydrogens (tertiary/aromatic N) is 2. The van der Waals surface area contributed by atoms with E-state index < -0.39 is 0 Å². The number of ketones is 1. The number of phenols is 1. The van der Waals surface area contributed by atoms with Gasteiger partial charge in [-0.05, 0) is 49.2 Å². The fourth-order valence-electron chi connectivity index (χ4n) is 3.09. The molecule has 1 fully saturated rings. The summed E-state index contributed by atoms with van der Waals surface area (Å²) in [5, 5.41) is 21.2. The van der Waals surface area contributed by atoms with Crippen molar-refractivity contribution >= 4 is 17.5 Å². The molecule has 0 unspecified atom stereocenters. The third-order valence-electron chi connectivity index (χ3n) is 4.59. The first-order valence-corrected chi connectivity index (χ1v) is 8.47. The maximum atomic E-state index is 12.5. The minimum atomic E-state index is -0.261. The highest BCUT2D eigenvalue weighted by atomic mass is 16.3. The highest BCUT2D eigenvalue weighted by Crippen LogP contribution is 2.24. The number of piperidine rings is 1. The third-order valence-corrected chi connectivity index (χ3v) is 4.59. The van der Waals surface area contributed by atoms with Crippen molar-refractivity contribution in [1.82, 2.24) is 4.90 Å². The van der Waals surface area contributed by atoms with E-state index in [-0.39, 0.29) is 23.5 Å². The molecule has 132 valence electrons. The van der Waals surface area contributed by atoms with Crippen molar-refractivity contribution in [2.75, 3.05) is 18.4 Å². The molecule has 2 amide bonds. The van der Waals surface area contributed by atoms with E-state index in [0.717, 1.165) is 0 Å². The number of Topliss-reactive ketones (excluding diaryl/α,β-unsaturated/α-hetero) is 1. The molecular formula is C20H19N3O3. The second-order valence-electron chi connectivity index (χ2n) is 6.26. The van der Waals surface area contributed by atoms with E-state index in [1.54, 1.807) is 41.3 Å². The number of aromatic hydroxyl groups is 1. The molecule has 26 heavy (non-hydrogen) atoms. The molecule has 1 aliphatic rings. The number of urea groups is 1. The molecule has 0 bridgehead atoms. The number of carbonyl (C=O) groups excluding carboxylic acids is 2. The van der Waals surface area contributed by atoms with Crippen LogP contribution < -0.4 is 5.32 Å². The Morgan fingerprint density at radius 1 is 1.08 bits per heavy atom. The summed E-state index contributed by atoms with van der Waals surface area (Å²) in [6, 6.07) is 14.9. The topological polar surface area (TPSA) is 93.4 Å². The van der Waals surface area contributed by atoms with Gasteiger partial charge in [-0.15, -0.1) is 0 Å². The predicted molar refractivity (Wildman–Crippen MR) is 96.9 cm³/mol. The molecule has 1 heterocycles. The van der Waals surface area contributed by atoms with Crippen LogP contribution in [0, 0.1) is 17.2 Å². The summed E-state index contributed by atoms with van der Waals surface area (Å²) >= 11 is 0. The van der Waals surface area contributed by atoms with Gasteiger partial charge in [-0.25, -0.2) is 4.79 Å². The van der Waals surface area contributed by atoms with Gasteiger partial charge in [0.05, 0.1) is 11.3 Å². The van der Waals surface area contributed by atoms with E-state index in [2.05, 4.69) is 11.4 Å². The fourth-order valence-corrected chi connectivity index (χ4v) is 3.09. The molecule has 2 aromatic rings. The first-order valence-electron chi connectivity index (χ1n) is 8.47. The molecule has 0 spiro atoms. The molecule has 6 nitrogen and oxygen atoms in total. The lowest BCUT2D eigenvalue weighted by Crippen LogP contribution is -2.42. The monoisotopic (exact) mass is 349 g/mol. The van der Waals surface area contributed by atoms with Crippen molar-refractivity contribution in [3.8, 4) is 11.8 Å². The number of hydrogen-bond acceptors (Lipinski definition) is 4. The standard InChI is InChI=1S/C20H19N3O3/c21-13-16-3-1-2-4-18(16)22-20(26)23-11-9-15(10-12-23)19(25)14-5-7-17(24)8-6-14/h1-8,15,24H,9-12H2,(H,22,26). The molecule has 0 radical (unpaired) electrons. The first kappa shape index (κ1) is 17.5. The first-order chi connectivity index (χ1) is 12.6. The Balaban J connectivity index is 1.58. The summed E-state index contributed by atoms with van der Waals surface area (Å²) < 4.78 is 0. The Bertz CT molecular complexity index is 847. The van der Waals surface area contributed by atoms with Crippen LogP contribution in [0.25, 0.3) is 0 Å². The quantitative estimate of drug-likeness (QED) is 0.831. The maximum absolute atomic E-state index is 12.5. The smallest absolute Gasteiger partial charge is 0.321 e. The van der Waals surface area contributed by atoms with Crippen molar-refractivity contribution in [1.29, 1.82) is 5.26 Å². The van der Waals surface area contributed by atoms with Crippen molar-refractivity contribution in [3.63, 3.8) is 0 Å². The lowest BCUT2D eigenvalue weighted by Gasteiger charge is -2.31. The molecule has 2 aromatic carbocycles. The normalized spacial score (nSPS) is 14.5. The van der Waals surface area contributed by atoms with Crippen LogP contribution in [0.1, 0.15) is 28.8 Å². The van der Waals surface area contributed by atoms with Crippen molar-refractivity contribution < 1.29 is 14.7 Å². The summed E-state index contributed by atoms with van der Waals surface area (Å²) in [6.07, 6.45) is 1.18. The zero-order valence-corrected chi connectivity index (χ0v) is 14.2. The lowest BCUT2D eigenvalue weighted by molar-refractivity contribution is 0.0859. The molecular weight excluding hydrogens is 330 g/mol. The van der Waals surface area contributed by atoms with E-state index in [1.807, 2.05) is 0 Å². The highest BCUT2D eigenvalue weighted by molar-refractivity contribution is 5.98. The SMILES string of the molecule is N#Cc1ccccc1NC(=O)N1CCC(C(=O)c2ccc(O)cc2)CC1. The van der Waals surface area contributed by atoms with Gasteiger partial charge in [0.25, 0.3) is 0 Å². The number of benzene rings is 2. The summed E-state index contributed by atoms with van der Waals surface area (Å²) in [4.78, 5) is 26.6. The minimum absolute atomic E-state index is 0.0416. The van der Waals surface area contributed by atoms with E-state index >= 15 is 0 Å². The largest absolute Gasteiger partial charge is 0.508 e. The summed E-state index contributed by atoms with van der Waals surface area (Å²) in [5.41, 5.74) is 1.48. The number of rotatable bonds is 3. The van der Waals surface area contributed by atoms with Gasteiger partial charge >= 0.3 is 6.03 Å². The van der Waals surface area contributed by atoms with Crippen LogP contribution in [0.5, 0.6) is 5.75 Å². The van der Waals surface area contributed by atoms with Crippen molar-refractivity contribution in [2.24, 2.45) is 5.92 Å². The number of nitriles is 1. The third kappa shape index (κ3) is 3.83. The van der Waals surface area contributed by atoms with Crippen LogP contribution >= 0.6 is 0 Å². The second kappa shape index (κ2) is 7.70. The number of hydrogen-bond donors (Lipinski definition) is 2. The molecule has 0 saturated carbocycles. The van der Waals surface area contributed by atoms with Crippen LogP contribution in [-0.2, 0) is 0 Å². The Hall–Kier alpha value is -3.33. The second-order valence-corrected chi connectivity index (χ2v) is 6.26. The number of para-hydroxylation sites is 1. The van der Waals surface area contributed by atoms with Crippen LogP contribution in [0.4, 0.5) is 10.5 Å². The highest BCUT2D eigenvalue weighted by Gasteiger charge is 2.28. The molecule has 3 rings (SSSR count). The summed E-state index contributed by atoms with van der Waals surface area (Å²) in [6.45, 7) is 0.962. The average Bonchev–Trinajstić information content (AvgIpc) is 2.68. The predicted octanol–water partition coefficient (Wildman–Crippen LogP) is 3.39. The summed E-state index contributed by atoms with van der Waals surface area (Å²) in [5.74, 6) is 0.0422. The Morgan fingerprint density at radius 3 is 2.38 bits per heavy atom. The van der Waals surface area contributed by atoms with Gasteiger partial charge in [0.2, 0.25) is 0 Å². The molecule has 6 heteroatoms. The van der Waals surface area contributed by atoms with Gasteiger partial charge in [0.15, 0.2) is 5.78 Å². The van der Waals surface area contributed by atoms with Gasteiger partial charge in [-0.3, -0.25) is 4.79 Å². The number of likely N-dealkylation sites (tertiary alicyclic amines) is 1. The Labute approximate surface area is 151 Å². The molecule has 0 atom stereocenters. The van der Waals surface area contributed by atoms with E-state index in [4.69, 9.17) is 5.26 Å². The number of amides is 2. The average molecular weight is 349 g/mol. The van der Waals surface area contributed by atoms with Crippen LogP contribution in [0.3, 0.4) is 0 Å². The fraction of sp³-hybridized carbons (Fsp3) is 0.250. The molecule has 2 N–H and O–H groups in total. The molecule has 1 saturated heterocycles. The van der Waals surface area contributed by atoms with Crippen LogP contribution in [0.15, 0.2) is 48.5 Å². The Morgan fingerprint density at radius 2 is 1.73 bits per heavy atom. The number of nitrogens with one attached hydrogen (secondary N) is 1. The number of carbonyl (C=O) groups is 2. The van der Waals surface area contributed by atoms with Gasteiger partial charge in [0.1, 0.15) is 11.8 Å². The number of anilines is 1. The van der Waals surface area contributed by atoms with Crippen LogP contribution in [-0.4, -0.2) is 34.9 Å². The van der Waals surface area contributed by atoms with Crippen LogP contribution in [0.2, 0.25) is 0 Å². The lowest BCUT2D eigenvalue weighted by atomic mass is 9.89.